The van der Waals surface area contributed by atoms with Crippen molar-refractivity contribution in [1.29, 1.82) is 0 Å². The van der Waals surface area contributed by atoms with E-state index in [2.05, 4.69) is 76.2 Å². The van der Waals surface area contributed by atoms with Gasteiger partial charge in [-0.2, -0.15) is 5.10 Å². The Morgan fingerprint density at radius 1 is 1.03 bits per heavy atom. The minimum Gasteiger partial charge on any atom is -0.323 e. The Balaban J connectivity index is 1.27. The van der Waals surface area contributed by atoms with Crippen LogP contribution in [0.15, 0.2) is 90.3 Å². The van der Waals surface area contributed by atoms with Crippen LogP contribution >= 0.6 is 11.8 Å². The molecule has 0 radical (unpaired) electrons. The first-order valence-electron chi connectivity index (χ1n) is 10.1. The monoisotopic (exact) mass is 417 g/mol. The fraction of sp³-hybridized carbons (Fsp3) is 0.208. The molecule has 1 amide bonds. The smallest absolute Gasteiger partial charge is 0.250 e. The van der Waals surface area contributed by atoms with Crippen molar-refractivity contribution in [2.75, 3.05) is 18.8 Å². The van der Waals surface area contributed by atoms with E-state index in [0.717, 1.165) is 18.7 Å². The van der Waals surface area contributed by atoms with Gasteiger partial charge in [0.2, 0.25) is 5.91 Å². The molecular formula is C24H25N4OS+. The van der Waals surface area contributed by atoms with Crippen molar-refractivity contribution in [1.82, 2.24) is 10.4 Å². The Morgan fingerprint density at radius 3 is 2.23 bits per heavy atom. The van der Waals surface area contributed by atoms with Gasteiger partial charge in [-0.15, -0.1) is 11.8 Å². The molecule has 0 atom stereocenters. The van der Waals surface area contributed by atoms with Crippen LogP contribution in [0.3, 0.4) is 0 Å². The van der Waals surface area contributed by atoms with Crippen LogP contribution in [-0.4, -0.2) is 41.2 Å². The summed E-state index contributed by atoms with van der Waals surface area (Å²) in [7, 11) is 0. The van der Waals surface area contributed by atoms with Gasteiger partial charge in [0.15, 0.2) is 0 Å². The molecule has 2 aromatic carbocycles. The van der Waals surface area contributed by atoms with Gasteiger partial charge in [0.1, 0.15) is 11.3 Å². The number of pyridine rings is 1. The average molecular weight is 418 g/mol. The van der Waals surface area contributed by atoms with Gasteiger partial charge in [-0.3, -0.25) is 9.78 Å². The summed E-state index contributed by atoms with van der Waals surface area (Å²) in [5, 5.41) is 4.51. The number of nitrogens with zero attached hydrogens (tertiary/aromatic N) is 2. The Morgan fingerprint density at radius 2 is 1.63 bits per heavy atom. The second-order valence-electron chi connectivity index (χ2n) is 7.33. The van der Waals surface area contributed by atoms with E-state index in [4.69, 9.17) is 0 Å². The summed E-state index contributed by atoms with van der Waals surface area (Å²) < 4.78 is 0. The number of hydrogen-bond acceptors (Lipinski definition) is 4. The number of aromatic nitrogens is 1. The van der Waals surface area contributed by atoms with Crippen LogP contribution in [0.5, 0.6) is 0 Å². The Kier molecular flexibility index (Phi) is 6.90. The average Bonchev–Trinajstić information content (AvgIpc) is 2.77. The number of nitrogens with one attached hydrogen (secondary N) is 2. The summed E-state index contributed by atoms with van der Waals surface area (Å²) in [6, 6.07) is 25.4. The molecule has 0 bridgehead atoms. The number of amides is 1. The molecule has 4 rings (SSSR count). The number of carbonyl (C=O) groups excluding carboxylic acids is 1. The zero-order valence-corrected chi connectivity index (χ0v) is 17.5. The minimum absolute atomic E-state index is 0.0681. The summed E-state index contributed by atoms with van der Waals surface area (Å²) in [5.41, 5.74) is 6.19. The summed E-state index contributed by atoms with van der Waals surface area (Å²) in [6.45, 7) is 2.10. The zero-order chi connectivity index (χ0) is 20.6. The van der Waals surface area contributed by atoms with Crippen molar-refractivity contribution >= 4 is 23.9 Å². The first-order chi connectivity index (χ1) is 14.8. The third-order valence-electron chi connectivity index (χ3n) is 5.21. The largest absolute Gasteiger partial charge is 0.323 e. The van der Waals surface area contributed by atoms with Gasteiger partial charge in [-0.25, -0.2) is 5.43 Å². The van der Waals surface area contributed by atoms with Crippen LogP contribution < -0.4 is 10.3 Å². The fourth-order valence-corrected chi connectivity index (χ4v) is 4.80. The molecule has 3 aromatic rings. The quantitative estimate of drug-likeness (QED) is 0.437. The fourth-order valence-electron chi connectivity index (χ4n) is 3.69. The maximum absolute atomic E-state index is 12.1. The van der Waals surface area contributed by atoms with Crippen molar-refractivity contribution in [3.63, 3.8) is 0 Å². The normalized spacial score (nSPS) is 18.3. The first-order valence-corrected chi connectivity index (χ1v) is 11.1. The molecule has 30 heavy (non-hydrogen) atoms. The van der Waals surface area contributed by atoms with Crippen LogP contribution in [-0.2, 0) is 4.79 Å². The van der Waals surface area contributed by atoms with Gasteiger partial charge in [0.05, 0.1) is 25.1 Å². The van der Waals surface area contributed by atoms with Crippen LogP contribution in [0.1, 0.15) is 22.7 Å². The van der Waals surface area contributed by atoms with E-state index >= 15 is 0 Å². The molecule has 0 aliphatic carbocycles. The maximum Gasteiger partial charge on any atom is 0.250 e. The molecule has 5 nitrogen and oxygen atoms in total. The van der Waals surface area contributed by atoms with E-state index in [1.54, 1.807) is 35.3 Å². The molecule has 2 N–H and O–H groups in total. The molecule has 0 spiro atoms. The molecular weight excluding hydrogens is 392 g/mol. The van der Waals surface area contributed by atoms with Gasteiger partial charge >= 0.3 is 0 Å². The Bertz CT molecular complexity index is 921. The van der Waals surface area contributed by atoms with E-state index < -0.39 is 0 Å². The highest BCUT2D eigenvalue weighted by Gasteiger charge is 2.38. The standard InChI is InChI=1S/C24H24N4OS/c29-23(27-26-15-19-11-13-25-14-12-19)18-30-22-16-28(17-22)24(20-7-3-1-4-8-20)21-9-5-2-6-10-21/h1-15,22,24H,16-18H2,(H,27,29)/p+1/b26-15-. The van der Waals surface area contributed by atoms with E-state index in [9.17, 15) is 4.79 Å². The van der Waals surface area contributed by atoms with E-state index in [-0.39, 0.29) is 5.91 Å². The van der Waals surface area contributed by atoms with Gasteiger partial charge in [-0.05, 0) is 17.7 Å². The zero-order valence-electron chi connectivity index (χ0n) is 16.6. The number of benzene rings is 2. The second-order valence-corrected chi connectivity index (χ2v) is 8.62. The van der Waals surface area contributed by atoms with Crippen molar-refractivity contribution < 1.29 is 9.69 Å². The summed E-state index contributed by atoms with van der Waals surface area (Å²) >= 11 is 1.71. The molecule has 152 valence electrons. The highest BCUT2D eigenvalue weighted by atomic mass is 32.2. The Hall–Kier alpha value is -2.96. The number of rotatable bonds is 8. The lowest BCUT2D eigenvalue weighted by atomic mass is 9.94. The van der Waals surface area contributed by atoms with Crippen LogP contribution in [0.2, 0.25) is 0 Å². The van der Waals surface area contributed by atoms with Gasteiger partial charge in [0, 0.05) is 23.5 Å². The minimum atomic E-state index is -0.0681. The van der Waals surface area contributed by atoms with Crippen LogP contribution in [0.25, 0.3) is 0 Å². The highest BCUT2D eigenvalue weighted by Crippen LogP contribution is 2.22. The molecule has 0 saturated carbocycles. The van der Waals surface area contributed by atoms with Gasteiger partial charge < -0.3 is 4.90 Å². The van der Waals surface area contributed by atoms with Crippen molar-refractivity contribution in [2.24, 2.45) is 5.10 Å². The molecule has 1 aliphatic heterocycles. The molecule has 1 aromatic heterocycles. The second kappa shape index (κ2) is 10.2. The molecule has 1 aliphatic rings. The van der Waals surface area contributed by atoms with Crippen molar-refractivity contribution in [2.45, 2.75) is 11.3 Å². The predicted octanol–water partition coefficient (Wildman–Crippen LogP) is 2.32. The number of thioether (sulfide) groups is 1. The number of quaternary nitrogens is 1. The first kappa shape index (κ1) is 20.3. The van der Waals surface area contributed by atoms with E-state index in [1.165, 1.54) is 11.1 Å². The summed E-state index contributed by atoms with van der Waals surface area (Å²) in [5.74, 6) is 0.355. The number of hydrogen-bond donors (Lipinski definition) is 2. The van der Waals surface area contributed by atoms with Crippen LogP contribution in [0, 0.1) is 0 Å². The van der Waals surface area contributed by atoms with Crippen molar-refractivity contribution in [3.05, 3.63) is 102 Å². The SMILES string of the molecule is O=C(CSC1C[NH+](C(c2ccccc2)c2ccccc2)C1)N/N=C\c1ccncc1. The van der Waals surface area contributed by atoms with E-state index in [0.29, 0.717) is 17.0 Å². The molecule has 1 fully saturated rings. The third-order valence-corrected chi connectivity index (χ3v) is 6.45. The number of likely N-dealkylation sites (tertiary alicyclic amines) is 1. The van der Waals surface area contributed by atoms with Crippen molar-refractivity contribution in [3.8, 4) is 0 Å². The number of carbonyl (C=O) groups is 1. The predicted molar refractivity (Wildman–Crippen MR) is 122 cm³/mol. The summed E-state index contributed by atoms with van der Waals surface area (Å²) in [6.07, 6.45) is 5.02. The Labute approximate surface area is 181 Å². The lowest BCUT2D eigenvalue weighted by Gasteiger charge is -2.40. The summed E-state index contributed by atoms with van der Waals surface area (Å²) in [4.78, 5) is 17.6. The lowest BCUT2D eigenvalue weighted by molar-refractivity contribution is -0.960. The highest BCUT2D eigenvalue weighted by molar-refractivity contribution is 8.00. The molecule has 6 heteroatoms. The number of hydrazone groups is 1. The topological polar surface area (TPSA) is 58.8 Å². The maximum atomic E-state index is 12.1. The van der Waals surface area contributed by atoms with Gasteiger partial charge in [0.25, 0.3) is 0 Å². The lowest BCUT2D eigenvalue weighted by Crippen LogP contribution is -3.21. The van der Waals surface area contributed by atoms with Crippen LogP contribution in [0.4, 0.5) is 0 Å². The molecule has 2 heterocycles. The third kappa shape index (κ3) is 5.34. The van der Waals surface area contributed by atoms with Gasteiger partial charge in [-0.1, -0.05) is 60.7 Å². The molecule has 1 saturated heterocycles. The van der Waals surface area contributed by atoms with E-state index in [1.807, 2.05) is 12.1 Å². The molecule has 0 unspecified atom stereocenters.